The maximum absolute atomic E-state index is 11.4. The lowest BCUT2D eigenvalue weighted by Gasteiger charge is -2.03. The van der Waals surface area contributed by atoms with E-state index in [4.69, 9.17) is 4.74 Å². The second-order valence-corrected chi connectivity index (χ2v) is 3.49. The maximum Gasteiger partial charge on any atom is 0.308 e. The highest BCUT2D eigenvalue weighted by Gasteiger charge is 2.21. The number of amides is 2. The molecule has 0 unspecified atom stereocenters. The van der Waals surface area contributed by atoms with Crippen LogP contribution in [0.25, 0.3) is 5.57 Å². The van der Waals surface area contributed by atoms with Crippen molar-refractivity contribution in [2.75, 3.05) is 0 Å². The van der Waals surface area contributed by atoms with Gasteiger partial charge in [0.1, 0.15) is 5.75 Å². The van der Waals surface area contributed by atoms with E-state index in [9.17, 15) is 14.4 Å². The number of benzene rings is 1. The minimum atomic E-state index is -0.422. The number of carbonyl (C=O) groups is 3. The van der Waals surface area contributed by atoms with E-state index in [0.29, 0.717) is 16.9 Å². The van der Waals surface area contributed by atoms with E-state index in [2.05, 4.69) is 5.32 Å². The zero-order valence-corrected chi connectivity index (χ0v) is 9.02. The SMILES string of the molecule is CC(=O)Oc1ccc(C2=CC(=O)NC2=O)cc1. The molecule has 1 aliphatic rings. The Morgan fingerprint density at radius 2 is 1.82 bits per heavy atom. The van der Waals surface area contributed by atoms with Crippen LogP contribution in [0.15, 0.2) is 30.3 Å². The van der Waals surface area contributed by atoms with Crippen LogP contribution in [0.3, 0.4) is 0 Å². The van der Waals surface area contributed by atoms with Crippen molar-refractivity contribution in [2.45, 2.75) is 6.92 Å². The molecule has 0 fully saturated rings. The van der Waals surface area contributed by atoms with E-state index >= 15 is 0 Å². The number of nitrogens with one attached hydrogen (secondary N) is 1. The number of imide groups is 1. The van der Waals surface area contributed by atoms with Crippen molar-refractivity contribution in [3.8, 4) is 5.75 Å². The fourth-order valence-electron chi connectivity index (χ4n) is 1.49. The summed E-state index contributed by atoms with van der Waals surface area (Å²) in [5.41, 5.74) is 0.911. The van der Waals surface area contributed by atoms with Crippen LogP contribution in [0, 0.1) is 0 Å². The molecule has 1 heterocycles. The van der Waals surface area contributed by atoms with Gasteiger partial charge in [-0.2, -0.15) is 0 Å². The van der Waals surface area contributed by atoms with Gasteiger partial charge in [0, 0.05) is 13.0 Å². The number of carbonyl (C=O) groups excluding carboxylic acids is 3. The average molecular weight is 231 g/mol. The Balaban J connectivity index is 2.24. The molecule has 2 amide bonds. The van der Waals surface area contributed by atoms with E-state index in [1.54, 1.807) is 24.3 Å². The highest BCUT2D eigenvalue weighted by atomic mass is 16.5. The van der Waals surface area contributed by atoms with Gasteiger partial charge in [0.05, 0.1) is 5.57 Å². The number of esters is 1. The van der Waals surface area contributed by atoms with Gasteiger partial charge in [-0.05, 0) is 17.7 Å². The third-order valence-corrected chi connectivity index (χ3v) is 2.18. The summed E-state index contributed by atoms with van der Waals surface area (Å²) in [7, 11) is 0. The van der Waals surface area contributed by atoms with E-state index < -0.39 is 17.8 Å². The second-order valence-electron chi connectivity index (χ2n) is 3.49. The van der Waals surface area contributed by atoms with Gasteiger partial charge in [0.15, 0.2) is 0 Å². The van der Waals surface area contributed by atoms with Gasteiger partial charge in [0.25, 0.3) is 11.8 Å². The van der Waals surface area contributed by atoms with Crippen molar-refractivity contribution < 1.29 is 19.1 Å². The Labute approximate surface area is 97.1 Å². The predicted octanol–water partition coefficient (Wildman–Crippen LogP) is 0.652. The number of hydrogen-bond acceptors (Lipinski definition) is 4. The number of ether oxygens (including phenoxy) is 1. The third-order valence-electron chi connectivity index (χ3n) is 2.18. The molecule has 0 atom stereocenters. The summed E-state index contributed by atoms with van der Waals surface area (Å²) in [6.45, 7) is 1.31. The summed E-state index contributed by atoms with van der Waals surface area (Å²) in [4.78, 5) is 33.0. The van der Waals surface area contributed by atoms with Crippen molar-refractivity contribution in [3.63, 3.8) is 0 Å². The lowest BCUT2D eigenvalue weighted by molar-refractivity contribution is -0.132. The molecule has 0 spiro atoms. The summed E-state index contributed by atoms with van der Waals surface area (Å²) < 4.78 is 4.85. The van der Waals surface area contributed by atoms with Crippen molar-refractivity contribution in [1.29, 1.82) is 0 Å². The van der Waals surface area contributed by atoms with Gasteiger partial charge in [-0.25, -0.2) is 0 Å². The molecule has 86 valence electrons. The highest BCUT2D eigenvalue weighted by Crippen LogP contribution is 2.21. The van der Waals surface area contributed by atoms with Crippen LogP contribution >= 0.6 is 0 Å². The second kappa shape index (κ2) is 4.21. The monoisotopic (exact) mass is 231 g/mol. The van der Waals surface area contributed by atoms with Crippen LogP contribution in [0.5, 0.6) is 5.75 Å². The predicted molar refractivity (Wildman–Crippen MR) is 58.9 cm³/mol. The van der Waals surface area contributed by atoms with Crippen LogP contribution in [0.1, 0.15) is 12.5 Å². The Kier molecular flexibility index (Phi) is 2.74. The Bertz CT molecular complexity index is 528. The number of rotatable bonds is 2. The summed E-state index contributed by atoms with van der Waals surface area (Å²) in [6, 6.07) is 6.35. The third kappa shape index (κ3) is 2.39. The summed E-state index contributed by atoms with van der Waals surface area (Å²) in [6.07, 6.45) is 1.24. The molecule has 0 radical (unpaired) electrons. The zero-order chi connectivity index (χ0) is 12.4. The molecule has 5 heteroatoms. The molecule has 1 N–H and O–H groups in total. The molecule has 0 aromatic heterocycles. The first kappa shape index (κ1) is 11.1. The molecule has 1 aromatic rings. The van der Waals surface area contributed by atoms with Crippen LogP contribution in [0.4, 0.5) is 0 Å². The van der Waals surface area contributed by atoms with Gasteiger partial charge in [-0.3, -0.25) is 19.7 Å². The first-order valence-electron chi connectivity index (χ1n) is 4.92. The molecular formula is C12H9NO4. The topological polar surface area (TPSA) is 72.5 Å². The van der Waals surface area contributed by atoms with Gasteiger partial charge in [0.2, 0.25) is 0 Å². The van der Waals surface area contributed by atoms with Crippen LogP contribution in [0.2, 0.25) is 0 Å². The molecule has 2 rings (SSSR count). The molecular weight excluding hydrogens is 222 g/mol. The first-order valence-corrected chi connectivity index (χ1v) is 4.92. The van der Waals surface area contributed by atoms with E-state index in [1.807, 2.05) is 0 Å². The highest BCUT2D eigenvalue weighted by molar-refractivity contribution is 6.33. The molecule has 0 aliphatic carbocycles. The smallest absolute Gasteiger partial charge is 0.308 e. The van der Waals surface area contributed by atoms with E-state index in [1.165, 1.54) is 13.0 Å². The van der Waals surface area contributed by atoms with Crippen molar-refractivity contribution in [1.82, 2.24) is 5.32 Å². The fraction of sp³-hybridized carbons (Fsp3) is 0.0833. The van der Waals surface area contributed by atoms with Crippen LogP contribution in [-0.2, 0) is 14.4 Å². The summed E-state index contributed by atoms with van der Waals surface area (Å²) in [5.74, 6) is -0.860. The van der Waals surface area contributed by atoms with Gasteiger partial charge in [-0.15, -0.1) is 0 Å². The van der Waals surface area contributed by atoms with Gasteiger partial charge in [-0.1, -0.05) is 12.1 Å². The van der Waals surface area contributed by atoms with Crippen LogP contribution < -0.4 is 10.1 Å². The molecule has 17 heavy (non-hydrogen) atoms. The largest absolute Gasteiger partial charge is 0.427 e. The average Bonchev–Trinajstić information content (AvgIpc) is 2.58. The maximum atomic E-state index is 11.4. The minimum Gasteiger partial charge on any atom is -0.427 e. The van der Waals surface area contributed by atoms with E-state index in [-0.39, 0.29) is 0 Å². The molecule has 1 aromatic carbocycles. The van der Waals surface area contributed by atoms with Crippen molar-refractivity contribution in [3.05, 3.63) is 35.9 Å². The normalized spacial score (nSPS) is 14.3. The Morgan fingerprint density at radius 1 is 1.18 bits per heavy atom. The summed E-state index contributed by atoms with van der Waals surface area (Å²) >= 11 is 0. The number of hydrogen-bond donors (Lipinski definition) is 1. The van der Waals surface area contributed by atoms with Crippen LogP contribution in [-0.4, -0.2) is 17.8 Å². The Hall–Kier alpha value is -2.43. The zero-order valence-electron chi connectivity index (χ0n) is 9.02. The van der Waals surface area contributed by atoms with Crippen molar-refractivity contribution in [2.24, 2.45) is 0 Å². The lowest BCUT2D eigenvalue weighted by atomic mass is 10.1. The Morgan fingerprint density at radius 3 is 2.29 bits per heavy atom. The molecule has 0 bridgehead atoms. The molecule has 5 nitrogen and oxygen atoms in total. The lowest BCUT2D eigenvalue weighted by Crippen LogP contribution is -2.21. The molecule has 0 saturated carbocycles. The van der Waals surface area contributed by atoms with Gasteiger partial charge < -0.3 is 4.74 Å². The van der Waals surface area contributed by atoms with Crippen molar-refractivity contribution >= 4 is 23.4 Å². The summed E-state index contributed by atoms with van der Waals surface area (Å²) in [5, 5.41) is 2.16. The quantitative estimate of drug-likeness (QED) is 0.461. The molecule has 0 saturated heterocycles. The standard InChI is InChI=1S/C12H9NO4/c1-7(14)17-9-4-2-8(3-5-9)10-6-11(15)13-12(10)16/h2-6H,1H3,(H,13,15,16). The van der Waals surface area contributed by atoms with Gasteiger partial charge >= 0.3 is 5.97 Å². The molecule has 1 aliphatic heterocycles. The fourth-order valence-corrected chi connectivity index (χ4v) is 1.49. The minimum absolute atomic E-state index is 0.310. The van der Waals surface area contributed by atoms with E-state index in [0.717, 1.165) is 0 Å². The first-order chi connectivity index (χ1) is 8.06.